The van der Waals surface area contributed by atoms with Gasteiger partial charge in [-0.2, -0.15) is 0 Å². The van der Waals surface area contributed by atoms with E-state index in [9.17, 15) is 4.21 Å². The van der Waals surface area contributed by atoms with Crippen molar-refractivity contribution in [1.82, 2.24) is 0 Å². The number of hydrogen-bond acceptors (Lipinski definition) is 3. The number of hydrogen-bond donors (Lipinski definition) is 1. The van der Waals surface area contributed by atoms with Gasteiger partial charge >= 0.3 is 0 Å². The molecular formula is C10H14O2S2. The van der Waals surface area contributed by atoms with Gasteiger partial charge in [0.25, 0.3) is 0 Å². The van der Waals surface area contributed by atoms with Crippen LogP contribution < -0.4 is 0 Å². The maximum Gasteiger partial charge on any atom is 0.0563 e. The Hall–Kier alpha value is -0.450. The molecule has 0 spiro atoms. The Morgan fingerprint density at radius 1 is 1.50 bits per heavy atom. The van der Waals surface area contributed by atoms with Crippen molar-refractivity contribution in [2.75, 3.05) is 12.9 Å². The molecule has 0 aliphatic heterocycles. The molecule has 0 heterocycles. The van der Waals surface area contributed by atoms with E-state index in [0.717, 1.165) is 11.1 Å². The molecule has 1 rings (SSSR count). The topological polar surface area (TPSA) is 37.3 Å². The molecule has 0 bridgehead atoms. The number of benzene rings is 1. The summed E-state index contributed by atoms with van der Waals surface area (Å²) in [7, 11) is -2.36. The maximum absolute atomic E-state index is 11.8. The summed E-state index contributed by atoms with van der Waals surface area (Å²) in [6.07, 6.45) is 2.06. The van der Waals surface area contributed by atoms with Crippen LogP contribution in [0.4, 0.5) is 0 Å². The van der Waals surface area contributed by atoms with Crippen molar-refractivity contribution in [3.05, 3.63) is 29.3 Å². The normalized spacial score (nSPS) is 15.1. The minimum atomic E-state index is -2.36. The summed E-state index contributed by atoms with van der Waals surface area (Å²) < 4.78 is 11.8. The zero-order valence-corrected chi connectivity index (χ0v) is 9.95. The van der Waals surface area contributed by atoms with Crippen LogP contribution in [0.1, 0.15) is 11.1 Å². The molecule has 0 aromatic heterocycles. The molecule has 1 unspecified atom stereocenters. The van der Waals surface area contributed by atoms with Crippen LogP contribution in [0.5, 0.6) is 0 Å². The van der Waals surface area contributed by atoms with E-state index >= 15 is 0 Å². The second-order valence-electron chi connectivity index (χ2n) is 3.36. The van der Waals surface area contributed by atoms with Gasteiger partial charge in [-0.3, -0.25) is 4.21 Å². The van der Waals surface area contributed by atoms with Gasteiger partial charge in [-0.25, -0.2) is 0 Å². The molecule has 1 aromatic rings. The number of aliphatic hydroxyl groups excluding tert-OH is 1. The Morgan fingerprint density at radius 3 is 2.64 bits per heavy atom. The van der Waals surface area contributed by atoms with Gasteiger partial charge in [-0.15, -0.1) is 0 Å². The second-order valence-corrected chi connectivity index (χ2v) is 7.25. The van der Waals surface area contributed by atoms with Gasteiger partial charge in [0.15, 0.2) is 0 Å². The van der Waals surface area contributed by atoms with Gasteiger partial charge < -0.3 is 5.11 Å². The van der Waals surface area contributed by atoms with E-state index < -0.39 is 8.49 Å². The summed E-state index contributed by atoms with van der Waals surface area (Å²) in [5.41, 5.74) is 1.93. The Bertz CT molecular complexity index is 422. The lowest BCUT2D eigenvalue weighted by atomic mass is 10.1. The third-order valence-corrected chi connectivity index (χ3v) is 3.72. The van der Waals surface area contributed by atoms with Gasteiger partial charge in [0.1, 0.15) is 0 Å². The average molecular weight is 230 g/mol. The predicted molar refractivity (Wildman–Crippen MR) is 61.7 cm³/mol. The first-order valence-electron chi connectivity index (χ1n) is 4.35. The summed E-state index contributed by atoms with van der Waals surface area (Å²) in [4.78, 5) is 0.696. The lowest BCUT2D eigenvalue weighted by molar-refractivity contribution is 0.299. The predicted octanol–water partition coefficient (Wildman–Crippen LogP) is 1.26. The van der Waals surface area contributed by atoms with E-state index in [4.69, 9.17) is 16.3 Å². The molecule has 0 amide bonds. The molecule has 14 heavy (non-hydrogen) atoms. The van der Waals surface area contributed by atoms with Crippen molar-refractivity contribution >= 4 is 19.7 Å². The maximum atomic E-state index is 11.8. The van der Waals surface area contributed by atoms with Crippen LogP contribution >= 0.6 is 0 Å². The average Bonchev–Trinajstić information content (AvgIpc) is 2.07. The highest BCUT2D eigenvalue weighted by Crippen LogP contribution is 2.18. The zero-order chi connectivity index (χ0) is 10.8. The Morgan fingerprint density at radius 2 is 2.14 bits per heavy atom. The summed E-state index contributed by atoms with van der Waals surface area (Å²) >= 11 is 4.96. The summed E-state index contributed by atoms with van der Waals surface area (Å²) in [6.45, 7) is 1.99. The molecule has 2 nitrogen and oxygen atoms in total. The Labute approximate surface area is 89.6 Å². The van der Waals surface area contributed by atoms with E-state index in [1.807, 2.05) is 25.1 Å². The highest BCUT2D eigenvalue weighted by Gasteiger charge is 2.09. The van der Waals surface area contributed by atoms with Crippen LogP contribution in [0.3, 0.4) is 0 Å². The van der Waals surface area contributed by atoms with E-state index in [-0.39, 0.29) is 6.61 Å². The van der Waals surface area contributed by atoms with Gasteiger partial charge in [0, 0.05) is 17.8 Å². The second kappa shape index (κ2) is 4.38. The molecule has 0 saturated heterocycles. The van der Waals surface area contributed by atoms with Gasteiger partial charge in [0.2, 0.25) is 0 Å². The van der Waals surface area contributed by atoms with E-state index in [1.165, 1.54) is 0 Å². The number of aryl methyl sites for hydroxylation is 1. The van der Waals surface area contributed by atoms with Gasteiger partial charge in [-0.05, 0) is 41.7 Å². The molecule has 0 saturated carbocycles. The Balaban J connectivity index is 3.30. The van der Waals surface area contributed by atoms with Crippen molar-refractivity contribution in [2.24, 2.45) is 0 Å². The molecule has 0 radical (unpaired) electrons. The van der Waals surface area contributed by atoms with Gasteiger partial charge in [-0.1, -0.05) is 12.1 Å². The Kier molecular flexibility index (Phi) is 3.64. The van der Waals surface area contributed by atoms with E-state index in [1.54, 1.807) is 6.26 Å². The molecule has 1 N–H and O–H groups in total. The van der Waals surface area contributed by atoms with Crippen LogP contribution in [0.25, 0.3) is 0 Å². The third-order valence-electron chi connectivity index (χ3n) is 2.00. The minimum Gasteiger partial charge on any atom is -0.396 e. The molecule has 1 atom stereocenters. The van der Waals surface area contributed by atoms with Crippen molar-refractivity contribution in [1.29, 1.82) is 0 Å². The van der Waals surface area contributed by atoms with E-state index in [0.29, 0.717) is 11.3 Å². The van der Waals surface area contributed by atoms with Crippen molar-refractivity contribution < 1.29 is 9.32 Å². The lowest BCUT2D eigenvalue weighted by Gasteiger charge is -2.09. The fourth-order valence-corrected chi connectivity index (χ4v) is 2.85. The molecule has 78 valence electrons. The standard InChI is InChI=1S/C10H14O2S2/c1-8-3-4-9(5-6-11)10(7-8)14(2,12)13/h3-4,7,11H,5-6H2,1-2H3. The monoisotopic (exact) mass is 230 g/mol. The molecular weight excluding hydrogens is 216 g/mol. The number of aliphatic hydroxyl groups is 1. The van der Waals surface area contributed by atoms with Crippen molar-refractivity contribution in [2.45, 2.75) is 18.2 Å². The summed E-state index contributed by atoms with van der Waals surface area (Å²) in [6, 6.07) is 5.67. The first-order valence-corrected chi connectivity index (χ1v) is 7.24. The summed E-state index contributed by atoms with van der Waals surface area (Å²) in [5.74, 6) is 0. The van der Waals surface area contributed by atoms with Crippen molar-refractivity contribution in [3.63, 3.8) is 0 Å². The van der Waals surface area contributed by atoms with Crippen LogP contribution in [0.2, 0.25) is 0 Å². The SMILES string of the molecule is Cc1ccc(CCO)c(S(C)(=O)=S)c1. The highest BCUT2D eigenvalue weighted by molar-refractivity contribution is 8.32. The first kappa shape index (κ1) is 11.6. The molecule has 0 aliphatic rings. The fourth-order valence-electron chi connectivity index (χ4n) is 1.33. The molecule has 0 fully saturated rings. The third kappa shape index (κ3) is 2.77. The zero-order valence-electron chi connectivity index (χ0n) is 8.32. The van der Waals surface area contributed by atoms with Gasteiger partial charge in [0.05, 0.1) is 8.49 Å². The van der Waals surface area contributed by atoms with Crippen LogP contribution in [-0.4, -0.2) is 22.2 Å². The quantitative estimate of drug-likeness (QED) is 0.849. The highest BCUT2D eigenvalue weighted by atomic mass is 32.8. The number of rotatable bonds is 3. The van der Waals surface area contributed by atoms with E-state index in [2.05, 4.69) is 0 Å². The molecule has 4 heteroatoms. The molecule has 0 aliphatic carbocycles. The van der Waals surface area contributed by atoms with Crippen molar-refractivity contribution in [3.8, 4) is 0 Å². The van der Waals surface area contributed by atoms with Crippen LogP contribution in [-0.2, 0) is 26.1 Å². The smallest absolute Gasteiger partial charge is 0.0563 e. The lowest BCUT2D eigenvalue weighted by Crippen LogP contribution is -2.03. The first-order chi connectivity index (χ1) is 6.45. The molecule has 1 aromatic carbocycles. The van der Waals surface area contributed by atoms with Crippen LogP contribution in [0.15, 0.2) is 23.1 Å². The minimum absolute atomic E-state index is 0.0565. The fraction of sp³-hybridized carbons (Fsp3) is 0.400. The van der Waals surface area contributed by atoms with Crippen LogP contribution in [0, 0.1) is 6.92 Å². The largest absolute Gasteiger partial charge is 0.396 e. The summed E-state index contributed by atoms with van der Waals surface area (Å²) in [5, 5.41) is 8.85.